The van der Waals surface area contributed by atoms with Gasteiger partial charge in [-0.15, -0.1) is 0 Å². The molecule has 0 fully saturated rings. The molecule has 3 aromatic heterocycles. The first-order chi connectivity index (χ1) is 19.7. The third-order valence-corrected chi connectivity index (χ3v) is 5.79. The normalized spacial score (nSPS) is 18.5. The number of aromatic nitrogens is 6. The molecule has 1 amide bonds. The highest BCUT2D eigenvalue weighted by Gasteiger charge is 2.35. The lowest BCUT2D eigenvalue weighted by Gasteiger charge is -2.35. The second kappa shape index (κ2) is 9.46. The lowest BCUT2D eigenvalue weighted by molar-refractivity contribution is 0.0379. The molecule has 0 unspecified atom stereocenters. The second-order valence-corrected chi connectivity index (χ2v) is 8.23. The predicted molar refractivity (Wildman–Crippen MR) is 126 cm³/mol. The van der Waals surface area contributed by atoms with E-state index >= 15 is 0 Å². The van der Waals surface area contributed by atoms with Crippen molar-refractivity contribution >= 4 is 17.7 Å². The summed E-state index contributed by atoms with van der Waals surface area (Å²) in [7, 11) is -2.71. The molecule has 0 bridgehead atoms. The molecular weight excluding hydrogens is 470 g/mol. The molecule has 1 aliphatic rings. The summed E-state index contributed by atoms with van der Waals surface area (Å²) in [5.41, 5.74) is 1.55. The van der Waals surface area contributed by atoms with Crippen LogP contribution in [0.2, 0.25) is 0 Å². The molecule has 36 heavy (non-hydrogen) atoms. The largest absolute Gasteiger partial charge is 0.382 e. The molecule has 1 aromatic carbocycles. The molecular formula is C24H24F2N8O2. The Kier molecular flexibility index (Phi) is 4.54. The van der Waals surface area contributed by atoms with Gasteiger partial charge in [0.15, 0.2) is 17.5 Å². The van der Waals surface area contributed by atoms with Crippen LogP contribution in [0.15, 0.2) is 42.9 Å². The molecule has 0 spiro atoms. The molecule has 0 radical (unpaired) electrons. The van der Waals surface area contributed by atoms with E-state index in [0.29, 0.717) is 22.5 Å². The number of ether oxygens (including phenoxy) is 1. The number of aryl methyl sites for hydroxylation is 2. The minimum absolute atomic E-state index is 0.0192. The predicted octanol–water partition coefficient (Wildman–Crippen LogP) is 3.07. The van der Waals surface area contributed by atoms with Crippen molar-refractivity contribution in [1.29, 1.82) is 0 Å². The maximum absolute atomic E-state index is 13.9. The number of amides is 1. The van der Waals surface area contributed by atoms with E-state index in [9.17, 15) is 13.6 Å². The van der Waals surface area contributed by atoms with Crippen LogP contribution in [0.1, 0.15) is 30.0 Å². The molecule has 1 atom stereocenters. The number of carbonyl (C=O) groups is 1. The van der Waals surface area contributed by atoms with Crippen LogP contribution in [0.5, 0.6) is 0 Å². The number of benzene rings is 1. The number of rotatable bonds is 7. The number of nitrogens with zero attached hydrogens (tertiary/aromatic N) is 7. The van der Waals surface area contributed by atoms with E-state index in [1.807, 2.05) is 0 Å². The van der Waals surface area contributed by atoms with E-state index in [0.717, 1.165) is 16.8 Å². The molecule has 10 nitrogen and oxygen atoms in total. The average molecular weight is 501 g/mol. The summed E-state index contributed by atoms with van der Waals surface area (Å²) < 4.78 is 79.8. The number of nitrogens with one attached hydrogen (secondary N) is 1. The highest BCUT2D eigenvalue weighted by atomic mass is 19.2. The summed E-state index contributed by atoms with van der Waals surface area (Å²) >= 11 is 0. The van der Waals surface area contributed by atoms with Gasteiger partial charge in [0, 0.05) is 49.7 Å². The highest BCUT2D eigenvalue weighted by molar-refractivity contribution is 5.92. The van der Waals surface area contributed by atoms with Crippen molar-refractivity contribution in [2.45, 2.75) is 26.1 Å². The van der Waals surface area contributed by atoms with Gasteiger partial charge in [0.2, 0.25) is 5.95 Å². The van der Waals surface area contributed by atoms with Gasteiger partial charge in [-0.3, -0.25) is 9.48 Å². The Bertz CT molecular complexity index is 1640. The van der Waals surface area contributed by atoms with Crippen LogP contribution < -0.4 is 5.32 Å². The SMILES string of the molecule is [2H]C([2H])([2H])OC[C@H]1Cn2cc(-c3nc(Nc4ccnn4C([2H])([2H])[2H])ncc3C)nc2C(=O)N1Cc1ccc(F)c(F)c1. The number of anilines is 2. The number of carbonyl (C=O) groups excluding carboxylic acids is 1. The summed E-state index contributed by atoms with van der Waals surface area (Å²) in [5, 5.41) is 6.64. The van der Waals surface area contributed by atoms with Gasteiger partial charge in [-0.1, -0.05) is 6.07 Å². The van der Waals surface area contributed by atoms with E-state index < -0.39 is 37.6 Å². The minimum Gasteiger partial charge on any atom is -0.382 e. The lowest BCUT2D eigenvalue weighted by Crippen LogP contribution is -2.49. The van der Waals surface area contributed by atoms with Gasteiger partial charge in [0.25, 0.3) is 5.91 Å². The zero-order valence-electron chi connectivity index (χ0n) is 24.9. The van der Waals surface area contributed by atoms with Crippen molar-refractivity contribution in [2.75, 3.05) is 19.0 Å². The Hall–Kier alpha value is -4.19. The fourth-order valence-corrected chi connectivity index (χ4v) is 4.01. The van der Waals surface area contributed by atoms with Crippen LogP contribution in [-0.4, -0.2) is 59.8 Å². The van der Waals surface area contributed by atoms with Crippen LogP contribution in [0.25, 0.3) is 11.4 Å². The van der Waals surface area contributed by atoms with E-state index in [1.54, 1.807) is 17.7 Å². The number of hydrogen-bond acceptors (Lipinski definition) is 7. The van der Waals surface area contributed by atoms with Crippen molar-refractivity contribution in [2.24, 2.45) is 6.98 Å². The Morgan fingerprint density at radius 3 is 2.94 bits per heavy atom. The monoisotopic (exact) mass is 500 g/mol. The summed E-state index contributed by atoms with van der Waals surface area (Å²) in [6.07, 6.45) is 4.40. The van der Waals surface area contributed by atoms with Crippen LogP contribution >= 0.6 is 0 Å². The first-order valence-corrected chi connectivity index (χ1v) is 10.8. The molecule has 186 valence electrons. The van der Waals surface area contributed by atoms with Gasteiger partial charge < -0.3 is 19.5 Å². The highest BCUT2D eigenvalue weighted by Crippen LogP contribution is 2.27. The summed E-state index contributed by atoms with van der Waals surface area (Å²) in [6.45, 7) is -1.20. The number of fused-ring (bicyclic) bond motifs is 1. The topological polar surface area (TPSA) is 103 Å². The van der Waals surface area contributed by atoms with Crippen molar-refractivity contribution in [1.82, 2.24) is 34.2 Å². The van der Waals surface area contributed by atoms with Crippen molar-refractivity contribution in [3.8, 4) is 11.4 Å². The summed E-state index contributed by atoms with van der Waals surface area (Å²) in [4.78, 5) is 28.1. The van der Waals surface area contributed by atoms with Gasteiger partial charge in [-0.05, 0) is 30.2 Å². The van der Waals surface area contributed by atoms with Gasteiger partial charge in [-0.2, -0.15) is 5.10 Å². The van der Waals surface area contributed by atoms with Gasteiger partial charge in [-0.25, -0.2) is 23.7 Å². The molecule has 1 N–H and O–H groups in total. The van der Waals surface area contributed by atoms with E-state index in [-0.39, 0.29) is 37.3 Å². The van der Waals surface area contributed by atoms with Crippen molar-refractivity contribution in [3.63, 3.8) is 0 Å². The Morgan fingerprint density at radius 1 is 1.25 bits per heavy atom. The van der Waals surface area contributed by atoms with Gasteiger partial charge >= 0.3 is 0 Å². The molecule has 12 heteroatoms. The molecule has 0 aliphatic carbocycles. The second-order valence-electron chi connectivity index (χ2n) is 8.23. The van der Waals surface area contributed by atoms with Crippen LogP contribution in [0, 0.1) is 18.6 Å². The lowest BCUT2D eigenvalue weighted by atomic mass is 10.1. The maximum Gasteiger partial charge on any atom is 0.290 e. The third-order valence-electron chi connectivity index (χ3n) is 5.79. The molecule has 4 heterocycles. The van der Waals surface area contributed by atoms with E-state index in [2.05, 4.69) is 25.4 Å². The number of methoxy groups -OCH3 is 1. The molecule has 4 aromatic rings. The Morgan fingerprint density at radius 2 is 2.14 bits per heavy atom. The Labute approximate surface area is 214 Å². The zero-order valence-corrected chi connectivity index (χ0v) is 18.9. The van der Waals surface area contributed by atoms with Crippen LogP contribution in [-0.2, 0) is 24.8 Å². The van der Waals surface area contributed by atoms with Crippen molar-refractivity contribution < 1.29 is 26.5 Å². The number of hydrogen-bond donors (Lipinski definition) is 1. The quantitative estimate of drug-likeness (QED) is 0.416. The number of imidazole rings is 1. The van der Waals surface area contributed by atoms with Gasteiger partial charge in [0.05, 0.1) is 28.7 Å². The molecule has 5 rings (SSSR count). The molecule has 0 saturated heterocycles. The standard InChI is InChI=1S/C24H24F2N8O2/c1-14-9-27-24(30-20-6-7-28-32(20)2)31-21(14)19-12-33-11-16(13-36-3)34(23(35)22(33)29-19)10-15-4-5-17(25)18(26)8-15/h4-9,12,16H,10-11,13H2,1-3H3,(H,27,30,31)/t16-/m1/s1/i2D3,3D3. The average Bonchev–Trinajstić information content (AvgIpc) is 3.55. The van der Waals surface area contributed by atoms with Crippen LogP contribution in [0.3, 0.4) is 0 Å². The first-order valence-electron chi connectivity index (χ1n) is 13.8. The minimum atomic E-state index is -2.71. The van der Waals surface area contributed by atoms with Crippen LogP contribution in [0.4, 0.5) is 20.5 Å². The summed E-state index contributed by atoms with van der Waals surface area (Å²) in [5.74, 6) is -2.49. The molecule has 0 saturated carbocycles. The smallest absolute Gasteiger partial charge is 0.290 e. The first kappa shape index (κ1) is 17.3. The number of halogens is 2. The fourth-order valence-electron chi connectivity index (χ4n) is 4.01. The van der Waals surface area contributed by atoms with Crippen molar-refractivity contribution in [3.05, 3.63) is 71.4 Å². The van der Waals surface area contributed by atoms with E-state index in [1.165, 1.54) is 29.4 Å². The fraction of sp³-hybridized carbons (Fsp3) is 0.292. The maximum atomic E-state index is 13.9. The zero-order chi connectivity index (χ0) is 30.4. The molecule has 1 aliphatic heterocycles. The van der Waals surface area contributed by atoms with E-state index in [4.69, 9.17) is 13.0 Å². The third kappa shape index (κ3) is 4.42. The Balaban J connectivity index is 1.46. The summed E-state index contributed by atoms with van der Waals surface area (Å²) in [6, 6.07) is 3.92. The van der Waals surface area contributed by atoms with Gasteiger partial charge in [0.1, 0.15) is 11.5 Å².